The van der Waals surface area contributed by atoms with Crippen molar-refractivity contribution in [2.24, 2.45) is 22.4 Å². The minimum atomic E-state index is -0.301. The quantitative estimate of drug-likeness (QED) is 0.212. The number of fused-ring (bicyclic) bond motifs is 1. The SMILES string of the molecule is NC(N)=NCCCC1NC(CNC(=O)c2c[nH]c3ccccc23)CCN(CC2CCCCC2)C1=O. The van der Waals surface area contributed by atoms with Crippen LogP contribution in [0.4, 0.5) is 0 Å². The molecule has 2 heterocycles. The van der Waals surface area contributed by atoms with E-state index in [0.29, 0.717) is 44.0 Å². The maximum absolute atomic E-state index is 13.5. The van der Waals surface area contributed by atoms with Crippen molar-refractivity contribution in [3.63, 3.8) is 0 Å². The van der Waals surface area contributed by atoms with E-state index < -0.39 is 0 Å². The summed E-state index contributed by atoms with van der Waals surface area (Å²) in [6.07, 6.45) is 10.2. The van der Waals surface area contributed by atoms with E-state index in [9.17, 15) is 9.59 Å². The van der Waals surface area contributed by atoms with Crippen LogP contribution in [-0.4, -0.2) is 65.9 Å². The van der Waals surface area contributed by atoms with Gasteiger partial charge in [0, 0.05) is 49.3 Å². The van der Waals surface area contributed by atoms with Gasteiger partial charge in [0.25, 0.3) is 5.91 Å². The van der Waals surface area contributed by atoms with E-state index in [-0.39, 0.29) is 29.9 Å². The Balaban J connectivity index is 1.39. The van der Waals surface area contributed by atoms with Crippen molar-refractivity contribution < 1.29 is 9.59 Å². The van der Waals surface area contributed by atoms with Crippen molar-refractivity contribution in [3.8, 4) is 0 Å². The van der Waals surface area contributed by atoms with Gasteiger partial charge in [-0.25, -0.2) is 0 Å². The number of carbonyl (C=O) groups excluding carboxylic acids is 2. The van der Waals surface area contributed by atoms with E-state index in [4.69, 9.17) is 11.5 Å². The van der Waals surface area contributed by atoms with Gasteiger partial charge >= 0.3 is 0 Å². The summed E-state index contributed by atoms with van der Waals surface area (Å²) >= 11 is 0. The summed E-state index contributed by atoms with van der Waals surface area (Å²) in [7, 11) is 0. The molecule has 1 aromatic carbocycles. The van der Waals surface area contributed by atoms with Gasteiger partial charge in [-0.3, -0.25) is 14.6 Å². The molecule has 4 rings (SSSR count). The number of nitrogens with zero attached hydrogens (tertiary/aromatic N) is 2. The van der Waals surface area contributed by atoms with Crippen LogP contribution in [0.2, 0.25) is 0 Å². The van der Waals surface area contributed by atoms with Crippen LogP contribution in [-0.2, 0) is 4.79 Å². The molecule has 0 bridgehead atoms. The second-order valence-corrected chi connectivity index (χ2v) is 9.90. The summed E-state index contributed by atoms with van der Waals surface area (Å²) in [4.78, 5) is 35.6. The third kappa shape index (κ3) is 6.75. The molecule has 2 aromatic rings. The monoisotopic (exact) mass is 481 g/mol. The number of carbonyl (C=O) groups is 2. The van der Waals surface area contributed by atoms with Gasteiger partial charge in [-0.2, -0.15) is 0 Å². The van der Waals surface area contributed by atoms with Crippen molar-refractivity contribution in [3.05, 3.63) is 36.0 Å². The van der Waals surface area contributed by atoms with Crippen molar-refractivity contribution >= 4 is 28.7 Å². The van der Waals surface area contributed by atoms with Crippen molar-refractivity contribution in [1.29, 1.82) is 0 Å². The molecule has 1 saturated heterocycles. The van der Waals surface area contributed by atoms with Crippen LogP contribution >= 0.6 is 0 Å². The Hall–Kier alpha value is -3.07. The number of para-hydroxylation sites is 1. The number of aliphatic imine (C=N–C) groups is 1. The molecule has 0 radical (unpaired) electrons. The smallest absolute Gasteiger partial charge is 0.253 e. The van der Waals surface area contributed by atoms with Crippen LogP contribution in [0.25, 0.3) is 10.9 Å². The maximum atomic E-state index is 13.5. The highest BCUT2D eigenvalue weighted by molar-refractivity contribution is 6.06. The van der Waals surface area contributed by atoms with Crippen LogP contribution in [0.3, 0.4) is 0 Å². The van der Waals surface area contributed by atoms with Crippen molar-refractivity contribution in [1.82, 2.24) is 20.5 Å². The molecule has 2 amide bonds. The fourth-order valence-corrected chi connectivity index (χ4v) is 5.39. The molecule has 1 aliphatic carbocycles. The third-order valence-electron chi connectivity index (χ3n) is 7.29. The first-order valence-electron chi connectivity index (χ1n) is 13.0. The van der Waals surface area contributed by atoms with Gasteiger partial charge in [0.15, 0.2) is 5.96 Å². The molecule has 2 aliphatic rings. The summed E-state index contributed by atoms with van der Waals surface area (Å²) in [6.45, 7) is 2.51. The highest BCUT2D eigenvalue weighted by Crippen LogP contribution is 2.25. The lowest BCUT2D eigenvalue weighted by molar-refractivity contribution is -0.133. The number of benzene rings is 1. The molecular formula is C26H39N7O2. The minimum Gasteiger partial charge on any atom is -0.370 e. The Morgan fingerprint density at radius 1 is 1.14 bits per heavy atom. The number of aromatic nitrogens is 1. The van der Waals surface area contributed by atoms with Gasteiger partial charge in [-0.15, -0.1) is 0 Å². The molecular weight excluding hydrogens is 442 g/mol. The number of rotatable bonds is 9. The van der Waals surface area contributed by atoms with Gasteiger partial charge in [-0.1, -0.05) is 37.5 Å². The summed E-state index contributed by atoms with van der Waals surface area (Å²) in [5, 5.41) is 7.52. The van der Waals surface area contributed by atoms with Gasteiger partial charge < -0.3 is 32.0 Å². The lowest BCUT2D eigenvalue weighted by atomic mass is 9.89. The summed E-state index contributed by atoms with van der Waals surface area (Å²) < 4.78 is 0. The molecule has 9 nitrogen and oxygen atoms in total. The maximum Gasteiger partial charge on any atom is 0.253 e. The molecule has 9 heteroatoms. The number of nitrogens with one attached hydrogen (secondary N) is 3. The molecule has 190 valence electrons. The van der Waals surface area contributed by atoms with E-state index in [1.165, 1.54) is 32.1 Å². The van der Waals surface area contributed by atoms with Gasteiger partial charge in [0.2, 0.25) is 5.91 Å². The average Bonchev–Trinajstić information content (AvgIpc) is 3.24. The van der Waals surface area contributed by atoms with Crippen molar-refractivity contribution in [2.75, 3.05) is 26.2 Å². The first-order chi connectivity index (χ1) is 17.0. The van der Waals surface area contributed by atoms with Crippen LogP contribution in [0.1, 0.15) is 61.7 Å². The van der Waals surface area contributed by atoms with Gasteiger partial charge in [0.1, 0.15) is 0 Å². The lowest BCUT2D eigenvalue weighted by Gasteiger charge is -2.30. The molecule has 7 N–H and O–H groups in total. The Bertz CT molecular complexity index is 1020. The fraction of sp³-hybridized carbons (Fsp3) is 0.577. The fourth-order valence-electron chi connectivity index (χ4n) is 5.39. The number of H-pyrrole nitrogens is 1. The molecule has 2 unspecified atom stereocenters. The zero-order valence-corrected chi connectivity index (χ0v) is 20.5. The van der Waals surface area contributed by atoms with E-state index in [0.717, 1.165) is 23.9 Å². The Kier molecular flexibility index (Phi) is 8.63. The first-order valence-corrected chi connectivity index (χ1v) is 13.0. The van der Waals surface area contributed by atoms with E-state index in [1.54, 1.807) is 6.20 Å². The Morgan fingerprint density at radius 2 is 1.94 bits per heavy atom. The Labute approximate surface area is 207 Å². The van der Waals surface area contributed by atoms with E-state index in [2.05, 4.69) is 25.5 Å². The molecule has 35 heavy (non-hydrogen) atoms. The zero-order chi connectivity index (χ0) is 24.6. The molecule has 2 fully saturated rings. The number of hydrogen-bond donors (Lipinski definition) is 5. The van der Waals surface area contributed by atoms with E-state index in [1.807, 2.05) is 24.3 Å². The number of hydrogen-bond acceptors (Lipinski definition) is 4. The summed E-state index contributed by atoms with van der Waals surface area (Å²) in [5.74, 6) is 0.712. The van der Waals surface area contributed by atoms with Crippen molar-refractivity contribution in [2.45, 2.75) is 63.5 Å². The second-order valence-electron chi connectivity index (χ2n) is 9.90. The second kappa shape index (κ2) is 12.1. The topological polar surface area (TPSA) is 142 Å². The highest BCUT2D eigenvalue weighted by atomic mass is 16.2. The first kappa shape index (κ1) is 25.0. The van der Waals surface area contributed by atoms with Gasteiger partial charge in [0.05, 0.1) is 11.6 Å². The predicted octanol–water partition coefficient (Wildman–Crippen LogP) is 2.09. The van der Waals surface area contributed by atoms with Crippen LogP contribution < -0.4 is 22.1 Å². The zero-order valence-electron chi connectivity index (χ0n) is 20.5. The average molecular weight is 482 g/mol. The molecule has 1 aliphatic heterocycles. The number of amides is 2. The summed E-state index contributed by atoms with van der Waals surface area (Å²) in [5.41, 5.74) is 12.5. The van der Waals surface area contributed by atoms with Crippen LogP contribution in [0, 0.1) is 5.92 Å². The highest BCUT2D eigenvalue weighted by Gasteiger charge is 2.32. The molecule has 0 spiro atoms. The largest absolute Gasteiger partial charge is 0.370 e. The number of nitrogens with two attached hydrogens (primary N) is 2. The third-order valence-corrected chi connectivity index (χ3v) is 7.29. The predicted molar refractivity (Wildman–Crippen MR) is 139 cm³/mol. The normalized spacial score (nSPS) is 21.6. The Morgan fingerprint density at radius 3 is 2.74 bits per heavy atom. The van der Waals surface area contributed by atoms with Crippen LogP contribution in [0.5, 0.6) is 0 Å². The standard InChI is InChI=1S/C26H39N7O2/c27-26(28)29-13-6-11-23-25(35)33(17-18-7-2-1-3-8-18)14-12-19(32-23)15-31-24(34)21-16-30-22-10-5-4-9-20(21)22/h4-5,9-10,16,18-19,23,30,32H,1-3,6-8,11-15,17H2,(H,31,34)(H4,27,28,29). The molecule has 1 aromatic heterocycles. The molecule has 1 saturated carbocycles. The van der Waals surface area contributed by atoms with E-state index >= 15 is 0 Å². The van der Waals surface area contributed by atoms with Gasteiger partial charge in [-0.05, 0) is 44.1 Å². The molecule has 2 atom stereocenters. The minimum absolute atomic E-state index is 0.0116. The number of aromatic amines is 1. The lowest BCUT2D eigenvalue weighted by Crippen LogP contribution is -2.49. The summed E-state index contributed by atoms with van der Waals surface area (Å²) in [6, 6.07) is 7.48. The van der Waals surface area contributed by atoms with Crippen LogP contribution in [0.15, 0.2) is 35.5 Å². The number of guanidine groups is 1.